The van der Waals surface area contributed by atoms with Crippen molar-refractivity contribution in [3.8, 4) is 5.75 Å². The number of carbonyl (C=O) groups is 1. The van der Waals surface area contributed by atoms with E-state index in [-0.39, 0.29) is 22.2 Å². The quantitative estimate of drug-likeness (QED) is 0.777. The van der Waals surface area contributed by atoms with Crippen molar-refractivity contribution in [1.82, 2.24) is 0 Å². The molecule has 2 aromatic carbocycles. The van der Waals surface area contributed by atoms with E-state index in [0.29, 0.717) is 16.3 Å². The molecule has 5 nitrogen and oxygen atoms in total. The number of nitrogens with zero attached hydrogens (tertiary/aromatic N) is 1. The summed E-state index contributed by atoms with van der Waals surface area (Å²) in [6.45, 7) is 0. The summed E-state index contributed by atoms with van der Waals surface area (Å²) in [7, 11) is 2.81. The first-order valence-corrected chi connectivity index (χ1v) is 8.73. The highest BCUT2D eigenvalue weighted by molar-refractivity contribution is 8.18. The first-order valence-electron chi connectivity index (χ1n) is 7.92. The topological polar surface area (TPSA) is 68.1 Å². The molecule has 0 bridgehead atoms. The minimum atomic E-state index is -0.695. The van der Waals surface area contributed by atoms with Gasteiger partial charge >= 0.3 is 5.97 Å². The molecular weight excluding hydrogens is 369 g/mol. The van der Waals surface area contributed by atoms with Crippen molar-refractivity contribution in [2.45, 2.75) is 0 Å². The number of aliphatic hydroxyl groups excluding tert-OH is 1. The van der Waals surface area contributed by atoms with Crippen molar-refractivity contribution in [3.05, 3.63) is 76.1 Å². The molecule has 0 aliphatic carbocycles. The summed E-state index contributed by atoms with van der Waals surface area (Å²) in [6, 6.07) is 12.8. The molecule has 2 aromatic rings. The van der Waals surface area contributed by atoms with E-state index in [1.807, 2.05) is 12.1 Å². The van der Waals surface area contributed by atoms with E-state index in [1.165, 1.54) is 31.4 Å². The molecule has 0 saturated carbocycles. The van der Waals surface area contributed by atoms with Crippen LogP contribution >= 0.6 is 11.8 Å². The predicted octanol–water partition coefficient (Wildman–Crippen LogP) is 4.64. The number of hydrogen-bond donors (Lipinski definition) is 1. The Balaban J connectivity index is 1.99. The first-order chi connectivity index (χ1) is 13.0. The van der Waals surface area contributed by atoms with Crippen LogP contribution in [0.2, 0.25) is 0 Å². The second kappa shape index (κ2) is 8.09. The third-order valence-electron chi connectivity index (χ3n) is 3.75. The SMILES string of the molecule is COC(=O)C1=C(O)C(=Cc2ccc(OC)cc2)SC1=Nc1ccc(F)cc1. The highest BCUT2D eigenvalue weighted by Crippen LogP contribution is 2.40. The number of thioether (sulfide) groups is 1. The van der Waals surface area contributed by atoms with Gasteiger partial charge in [-0.15, -0.1) is 0 Å². The number of methoxy groups -OCH3 is 2. The monoisotopic (exact) mass is 385 g/mol. The number of esters is 1. The Hall–Kier alpha value is -3.06. The molecule has 1 heterocycles. The standard InChI is InChI=1S/C20H16FNO4S/c1-25-15-9-3-12(4-10-15)11-16-18(23)17(20(24)26-2)19(27-16)22-14-7-5-13(21)6-8-14/h3-11,23H,1-2H3. The van der Waals surface area contributed by atoms with Crippen LogP contribution < -0.4 is 4.74 Å². The van der Waals surface area contributed by atoms with Crippen LogP contribution in [0.1, 0.15) is 5.56 Å². The molecule has 7 heteroatoms. The van der Waals surface area contributed by atoms with Gasteiger partial charge in [0, 0.05) is 0 Å². The van der Waals surface area contributed by atoms with E-state index in [1.54, 1.807) is 25.3 Å². The lowest BCUT2D eigenvalue weighted by molar-refractivity contribution is -0.135. The summed E-state index contributed by atoms with van der Waals surface area (Å²) in [4.78, 5) is 16.9. The van der Waals surface area contributed by atoms with Crippen molar-refractivity contribution in [1.29, 1.82) is 0 Å². The van der Waals surface area contributed by atoms with E-state index in [9.17, 15) is 14.3 Å². The van der Waals surface area contributed by atoms with E-state index < -0.39 is 5.97 Å². The average Bonchev–Trinajstić information content (AvgIpc) is 2.98. The minimum absolute atomic E-state index is 0.0217. The van der Waals surface area contributed by atoms with Gasteiger partial charge in [0.2, 0.25) is 0 Å². The molecule has 1 aliphatic rings. The number of rotatable bonds is 4. The van der Waals surface area contributed by atoms with Crippen molar-refractivity contribution < 1.29 is 23.8 Å². The number of ether oxygens (including phenoxy) is 2. The van der Waals surface area contributed by atoms with E-state index >= 15 is 0 Å². The van der Waals surface area contributed by atoms with Crippen molar-refractivity contribution in [3.63, 3.8) is 0 Å². The molecule has 0 unspecified atom stereocenters. The summed E-state index contributed by atoms with van der Waals surface area (Å²) in [6.07, 6.45) is 1.73. The molecule has 1 aliphatic heterocycles. The molecule has 0 radical (unpaired) electrons. The number of aliphatic hydroxyl groups is 1. The van der Waals surface area contributed by atoms with Crippen LogP contribution in [0.15, 0.2) is 69.8 Å². The predicted molar refractivity (Wildman–Crippen MR) is 104 cm³/mol. The summed E-state index contributed by atoms with van der Waals surface area (Å²) < 4.78 is 23.0. The summed E-state index contributed by atoms with van der Waals surface area (Å²) in [5, 5.41) is 10.8. The normalized spacial score (nSPS) is 16.9. The van der Waals surface area contributed by atoms with Crippen LogP contribution in [-0.2, 0) is 9.53 Å². The Morgan fingerprint density at radius 1 is 1.11 bits per heavy atom. The fourth-order valence-electron chi connectivity index (χ4n) is 2.37. The maximum absolute atomic E-state index is 13.1. The molecule has 0 aromatic heterocycles. The molecular formula is C20H16FNO4S. The Kier molecular flexibility index (Phi) is 5.61. The van der Waals surface area contributed by atoms with Crippen LogP contribution in [0.4, 0.5) is 10.1 Å². The Morgan fingerprint density at radius 3 is 2.37 bits per heavy atom. The maximum atomic E-state index is 13.1. The van der Waals surface area contributed by atoms with Crippen LogP contribution in [0.25, 0.3) is 6.08 Å². The fourth-order valence-corrected chi connectivity index (χ4v) is 3.41. The maximum Gasteiger partial charge on any atom is 0.344 e. The molecule has 0 atom stereocenters. The minimum Gasteiger partial charge on any atom is -0.506 e. The van der Waals surface area contributed by atoms with Gasteiger partial charge in [-0.3, -0.25) is 0 Å². The molecule has 3 rings (SSSR count). The van der Waals surface area contributed by atoms with Gasteiger partial charge in [-0.2, -0.15) is 0 Å². The van der Waals surface area contributed by atoms with E-state index in [0.717, 1.165) is 17.3 Å². The van der Waals surface area contributed by atoms with Gasteiger partial charge in [0.05, 0.1) is 24.8 Å². The molecule has 1 N–H and O–H groups in total. The van der Waals surface area contributed by atoms with Gasteiger partial charge in [0.1, 0.15) is 27.9 Å². The van der Waals surface area contributed by atoms with Gasteiger partial charge < -0.3 is 14.6 Å². The molecule has 0 amide bonds. The summed E-state index contributed by atoms with van der Waals surface area (Å²) >= 11 is 1.14. The zero-order valence-corrected chi connectivity index (χ0v) is 15.4. The number of carbonyl (C=O) groups excluding carboxylic acids is 1. The van der Waals surface area contributed by atoms with Gasteiger partial charge in [-0.25, -0.2) is 14.2 Å². The van der Waals surface area contributed by atoms with Gasteiger partial charge in [0.15, 0.2) is 0 Å². The molecule has 27 heavy (non-hydrogen) atoms. The lowest BCUT2D eigenvalue weighted by Crippen LogP contribution is -2.10. The second-order valence-corrected chi connectivity index (χ2v) is 6.52. The number of benzene rings is 2. The molecule has 0 fully saturated rings. The Morgan fingerprint density at radius 2 is 1.78 bits per heavy atom. The lowest BCUT2D eigenvalue weighted by atomic mass is 10.1. The smallest absolute Gasteiger partial charge is 0.344 e. The van der Waals surface area contributed by atoms with E-state index in [4.69, 9.17) is 9.47 Å². The van der Waals surface area contributed by atoms with Crippen molar-refractivity contribution >= 4 is 34.5 Å². The Bertz CT molecular complexity index is 947. The van der Waals surface area contributed by atoms with Gasteiger partial charge in [-0.05, 0) is 48.0 Å². The van der Waals surface area contributed by atoms with Crippen LogP contribution in [-0.4, -0.2) is 30.3 Å². The fraction of sp³-hybridized carbons (Fsp3) is 0.100. The molecule has 138 valence electrons. The van der Waals surface area contributed by atoms with Gasteiger partial charge in [-0.1, -0.05) is 23.9 Å². The summed E-state index contributed by atoms with van der Waals surface area (Å²) in [5.74, 6) is -0.572. The van der Waals surface area contributed by atoms with Crippen LogP contribution in [0.5, 0.6) is 5.75 Å². The zero-order valence-electron chi connectivity index (χ0n) is 14.6. The van der Waals surface area contributed by atoms with Crippen molar-refractivity contribution in [2.24, 2.45) is 4.99 Å². The van der Waals surface area contributed by atoms with Crippen molar-refractivity contribution in [2.75, 3.05) is 14.2 Å². The average molecular weight is 385 g/mol. The van der Waals surface area contributed by atoms with E-state index in [2.05, 4.69) is 4.99 Å². The Labute approximate surface area is 159 Å². The molecule has 0 saturated heterocycles. The van der Waals surface area contributed by atoms with Crippen LogP contribution in [0, 0.1) is 5.82 Å². The van der Waals surface area contributed by atoms with Gasteiger partial charge in [0.25, 0.3) is 0 Å². The highest BCUT2D eigenvalue weighted by Gasteiger charge is 2.32. The third-order valence-corrected chi connectivity index (χ3v) is 4.77. The largest absolute Gasteiger partial charge is 0.506 e. The lowest BCUT2D eigenvalue weighted by Gasteiger charge is -2.01. The number of halogens is 1. The third kappa shape index (κ3) is 4.20. The first kappa shape index (κ1) is 18.7. The number of aliphatic imine (C=N–C) groups is 1. The molecule has 0 spiro atoms. The number of hydrogen-bond acceptors (Lipinski definition) is 6. The second-order valence-electron chi connectivity index (χ2n) is 5.49. The van der Waals surface area contributed by atoms with Crippen LogP contribution in [0.3, 0.4) is 0 Å². The zero-order chi connectivity index (χ0) is 19.4. The summed E-state index contributed by atoms with van der Waals surface area (Å²) in [5.41, 5.74) is 1.25. The highest BCUT2D eigenvalue weighted by atomic mass is 32.2.